The van der Waals surface area contributed by atoms with Crippen LogP contribution in [0.5, 0.6) is 0 Å². The third-order valence-electron chi connectivity index (χ3n) is 5.93. The summed E-state index contributed by atoms with van der Waals surface area (Å²) < 4.78 is 0. The highest BCUT2D eigenvalue weighted by molar-refractivity contribution is 5.94. The summed E-state index contributed by atoms with van der Waals surface area (Å²) in [5.41, 5.74) is 4.31. The summed E-state index contributed by atoms with van der Waals surface area (Å²) in [5, 5.41) is 5.76. The largest absolute Gasteiger partial charge is 0.352 e. The Hall–Kier alpha value is -2.66. The molecule has 5 heteroatoms. The van der Waals surface area contributed by atoms with Crippen LogP contribution >= 0.6 is 0 Å². The number of nitrogens with one attached hydrogen (secondary N) is 3. The first-order valence-electron chi connectivity index (χ1n) is 11.4. The minimum atomic E-state index is -0.149. The van der Waals surface area contributed by atoms with Crippen LogP contribution in [0.1, 0.15) is 67.1 Å². The van der Waals surface area contributed by atoms with E-state index in [-0.39, 0.29) is 23.7 Å². The van der Waals surface area contributed by atoms with Crippen molar-refractivity contribution >= 4 is 11.8 Å². The lowest BCUT2D eigenvalue weighted by Gasteiger charge is -2.19. The maximum atomic E-state index is 12.3. The van der Waals surface area contributed by atoms with E-state index in [4.69, 9.17) is 0 Å². The highest BCUT2D eigenvalue weighted by Crippen LogP contribution is 2.22. The van der Waals surface area contributed by atoms with Gasteiger partial charge in [-0.2, -0.15) is 0 Å². The van der Waals surface area contributed by atoms with E-state index in [2.05, 4.69) is 55.7 Å². The molecule has 2 amide bonds. The average Bonchev–Trinajstić information content (AvgIpc) is 3.26. The molecule has 166 valence electrons. The van der Waals surface area contributed by atoms with Crippen LogP contribution in [0.3, 0.4) is 0 Å². The van der Waals surface area contributed by atoms with Crippen molar-refractivity contribution in [3.8, 4) is 0 Å². The molecule has 5 nitrogen and oxygen atoms in total. The van der Waals surface area contributed by atoms with Gasteiger partial charge in [-0.3, -0.25) is 9.59 Å². The van der Waals surface area contributed by atoms with Gasteiger partial charge in [0.05, 0.1) is 13.1 Å². The van der Waals surface area contributed by atoms with Crippen molar-refractivity contribution in [2.45, 2.75) is 58.5 Å². The molecule has 3 N–H and O–H groups in total. The van der Waals surface area contributed by atoms with Gasteiger partial charge in [0.25, 0.3) is 5.91 Å². The Balaban J connectivity index is 1.35. The molecule has 0 unspecified atom stereocenters. The predicted molar refractivity (Wildman–Crippen MR) is 124 cm³/mol. The summed E-state index contributed by atoms with van der Waals surface area (Å²) in [4.78, 5) is 26.1. The quantitative estimate of drug-likeness (QED) is 0.612. The monoisotopic (exact) mass is 422 g/mol. The standard InChI is InChI=1S/C26H35N3O2/c1-26(2,3)23-12-10-22(11-13-23)25(31)27-15-14-24(30)28-18-20-6-8-21(9-7-20)19-29-16-4-5-17-29/h6-13H,4-5,14-19H2,1-3H3,(H,27,31)(H,28,30)/p+1. The number of carbonyl (C=O) groups is 2. The van der Waals surface area contributed by atoms with Crippen LogP contribution in [-0.4, -0.2) is 31.4 Å². The molecule has 0 radical (unpaired) electrons. The van der Waals surface area contributed by atoms with Gasteiger partial charge in [0.1, 0.15) is 6.54 Å². The van der Waals surface area contributed by atoms with E-state index < -0.39 is 0 Å². The van der Waals surface area contributed by atoms with Crippen LogP contribution in [0, 0.1) is 0 Å². The minimum absolute atomic E-state index is 0.0579. The number of carbonyl (C=O) groups excluding carboxylic acids is 2. The zero-order valence-corrected chi connectivity index (χ0v) is 19.1. The van der Waals surface area contributed by atoms with Gasteiger partial charge in [0, 0.05) is 43.5 Å². The Morgan fingerprint density at radius 3 is 2.10 bits per heavy atom. The van der Waals surface area contributed by atoms with E-state index in [9.17, 15) is 9.59 Å². The van der Waals surface area contributed by atoms with Gasteiger partial charge in [0.2, 0.25) is 5.91 Å². The number of rotatable bonds is 8. The molecule has 0 spiro atoms. The van der Waals surface area contributed by atoms with Crippen molar-refractivity contribution in [3.05, 3.63) is 70.8 Å². The summed E-state index contributed by atoms with van der Waals surface area (Å²) in [6.07, 6.45) is 2.94. The van der Waals surface area contributed by atoms with Gasteiger partial charge in [-0.25, -0.2) is 0 Å². The topological polar surface area (TPSA) is 62.6 Å². The maximum Gasteiger partial charge on any atom is 0.251 e. The van der Waals surface area contributed by atoms with E-state index in [0.717, 1.165) is 12.1 Å². The lowest BCUT2D eigenvalue weighted by atomic mass is 9.87. The number of amides is 2. The Labute approximate surface area is 186 Å². The Morgan fingerprint density at radius 1 is 0.871 bits per heavy atom. The van der Waals surface area contributed by atoms with Gasteiger partial charge >= 0.3 is 0 Å². The van der Waals surface area contributed by atoms with Crippen LogP contribution in [0.4, 0.5) is 0 Å². The second kappa shape index (κ2) is 10.6. The molecule has 2 aromatic rings. The average molecular weight is 423 g/mol. The molecule has 1 aliphatic rings. The first kappa shape index (κ1) is 23.0. The van der Waals surface area contributed by atoms with Gasteiger partial charge < -0.3 is 15.5 Å². The maximum absolute atomic E-state index is 12.3. The number of quaternary nitrogens is 1. The molecule has 31 heavy (non-hydrogen) atoms. The molecule has 0 bridgehead atoms. The molecule has 1 aliphatic heterocycles. The van der Waals surface area contributed by atoms with Crippen molar-refractivity contribution in [2.75, 3.05) is 19.6 Å². The van der Waals surface area contributed by atoms with E-state index in [1.807, 2.05) is 24.3 Å². The first-order valence-corrected chi connectivity index (χ1v) is 11.4. The minimum Gasteiger partial charge on any atom is -0.352 e. The highest BCUT2D eigenvalue weighted by atomic mass is 16.2. The van der Waals surface area contributed by atoms with Crippen molar-refractivity contribution in [3.63, 3.8) is 0 Å². The zero-order valence-electron chi connectivity index (χ0n) is 19.1. The predicted octanol–water partition coefficient (Wildman–Crippen LogP) is 2.60. The molecule has 0 atom stereocenters. The molecule has 0 saturated carbocycles. The summed E-state index contributed by atoms with van der Waals surface area (Å²) in [5.74, 6) is -0.210. The van der Waals surface area contributed by atoms with E-state index in [1.165, 1.54) is 37.1 Å². The van der Waals surface area contributed by atoms with E-state index in [0.29, 0.717) is 18.7 Å². The molecule has 0 aromatic heterocycles. The Bertz CT molecular complexity index is 861. The van der Waals surface area contributed by atoms with Crippen molar-refractivity contribution in [1.29, 1.82) is 0 Å². The molecule has 2 aromatic carbocycles. The van der Waals surface area contributed by atoms with Crippen LogP contribution in [0.2, 0.25) is 0 Å². The lowest BCUT2D eigenvalue weighted by Crippen LogP contribution is -3.08. The first-order chi connectivity index (χ1) is 14.8. The summed E-state index contributed by atoms with van der Waals surface area (Å²) in [7, 11) is 0. The van der Waals surface area contributed by atoms with Crippen molar-refractivity contribution < 1.29 is 14.5 Å². The number of hydrogen-bond acceptors (Lipinski definition) is 2. The molecule has 1 saturated heterocycles. The third kappa shape index (κ3) is 7.21. The SMILES string of the molecule is CC(C)(C)c1ccc(C(=O)NCCC(=O)NCc2ccc(C[NH+]3CCCC3)cc2)cc1. The molecular weight excluding hydrogens is 386 g/mol. The van der Waals surface area contributed by atoms with Crippen LogP contribution in [0.15, 0.2) is 48.5 Å². The smallest absolute Gasteiger partial charge is 0.251 e. The number of likely N-dealkylation sites (tertiary alicyclic amines) is 1. The van der Waals surface area contributed by atoms with Crippen LogP contribution in [-0.2, 0) is 23.3 Å². The molecule has 1 heterocycles. The molecular formula is C26H36N3O2+. The third-order valence-corrected chi connectivity index (χ3v) is 5.93. The molecule has 1 fully saturated rings. The highest BCUT2D eigenvalue weighted by Gasteiger charge is 2.16. The fraction of sp³-hybridized carbons (Fsp3) is 0.462. The van der Waals surface area contributed by atoms with Crippen LogP contribution in [0.25, 0.3) is 0 Å². The fourth-order valence-electron chi connectivity index (χ4n) is 3.92. The Kier molecular flexibility index (Phi) is 7.85. The normalized spacial score (nSPS) is 14.4. The number of hydrogen-bond donors (Lipinski definition) is 3. The van der Waals surface area contributed by atoms with Gasteiger partial charge in [-0.05, 0) is 28.7 Å². The van der Waals surface area contributed by atoms with E-state index in [1.54, 1.807) is 4.90 Å². The second-order valence-electron chi connectivity index (χ2n) is 9.56. The van der Waals surface area contributed by atoms with Gasteiger partial charge in [0.15, 0.2) is 0 Å². The fourth-order valence-corrected chi connectivity index (χ4v) is 3.92. The summed E-state index contributed by atoms with van der Waals surface area (Å²) in [6.45, 7) is 10.9. The van der Waals surface area contributed by atoms with Crippen molar-refractivity contribution in [1.82, 2.24) is 10.6 Å². The Morgan fingerprint density at radius 2 is 1.48 bits per heavy atom. The molecule has 0 aliphatic carbocycles. The summed E-state index contributed by atoms with van der Waals surface area (Å²) >= 11 is 0. The van der Waals surface area contributed by atoms with E-state index >= 15 is 0 Å². The molecule has 3 rings (SSSR count). The van der Waals surface area contributed by atoms with Gasteiger partial charge in [-0.1, -0.05) is 57.2 Å². The summed E-state index contributed by atoms with van der Waals surface area (Å²) in [6, 6.07) is 16.2. The zero-order chi connectivity index (χ0) is 22.3. The second-order valence-corrected chi connectivity index (χ2v) is 9.56. The number of benzene rings is 2. The van der Waals surface area contributed by atoms with Crippen LogP contribution < -0.4 is 15.5 Å². The van der Waals surface area contributed by atoms with Crippen molar-refractivity contribution in [2.24, 2.45) is 0 Å². The van der Waals surface area contributed by atoms with Gasteiger partial charge in [-0.15, -0.1) is 0 Å². The lowest BCUT2D eigenvalue weighted by molar-refractivity contribution is -0.901.